The minimum Gasteiger partial charge on any atom is -0.333 e. The van der Waals surface area contributed by atoms with E-state index in [0.717, 1.165) is 19.1 Å². The molecule has 0 spiro atoms. The Hall–Kier alpha value is -0.920. The molecule has 4 nitrogen and oxygen atoms in total. The normalized spacial score (nSPS) is 16.9. The zero-order valence-corrected chi connectivity index (χ0v) is 9.16. The molecule has 1 aliphatic rings. The van der Waals surface area contributed by atoms with Gasteiger partial charge in [0.1, 0.15) is 11.8 Å². The number of carbonyl (C=O) groups is 1. The SMILES string of the molecule is CC(C)N(CC=O)C1(C#N)CC1.CN. The minimum atomic E-state index is -0.310. The molecule has 0 saturated heterocycles. The summed E-state index contributed by atoms with van der Waals surface area (Å²) in [4.78, 5) is 12.3. The summed E-state index contributed by atoms with van der Waals surface area (Å²) in [7, 11) is 1.50. The number of carbonyl (C=O) groups excluding carboxylic acids is 1. The van der Waals surface area contributed by atoms with Gasteiger partial charge in [0.2, 0.25) is 0 Å². The van der Waals surface area contributed by atoms with E-state index in [2.05, 4.69) is 11.8 Å². The van der Waals surface area contributed by atoms with Crippen molar-refractivity contribution in [2.45, 2.75) is 38.3 Å². The standard InChI is InChI=1S/C9H14N2O.CH5N/c1-8(2)11(5-6-12)9(7-10)3-4-9;1-2/h6,8H,3-5H2,1-2H3;2H2,1H3. The van der Waals surface area contributed by atoms with Gasteiger partial charge in [0.25, 0.3) is 0 Å². The summed E-state index contributed by atoms with van der Waals surface area (Å²) in [6.07, 6.45) is 2.70. The first-order valence-corrected chi connectivity index (χ1v) is 4.85. The maximum Gasteiger partial charge on any atom is 0.134 e. The Balaban J connectivity index is 0.000000791. The predicted octanol–water partition coefficient (Wildman–Crippen LogP) is 0.527. The number of aldehydes is 1. The maximum absolute atomic E-state index is 10.4. The van der Waals surface area contributed by atoms with E-state index in [9.17, 15) is 4.79 Å². The highest BCUT2D eigenvalue weighted by atomic mass is 16.1. The lowest BCUT2D eigenvalue weighted by Gasteiger charge is -2.28. The molecule has 0 heterocycles. The maximum atomic E-state index is 10.4. The Morgan fingerprint density at radius 3 is 2.29 bits per heavy atom. The topological polar surface area (TPSA) is 70.1 Å². The second kappa shape index (κ2) is 5.74. The first-order valence-electron chi connectivity index (χ1n) is 4.85. The zero-order valence-electron chi connectivity index (χ0n) is 9.16. The molecule has 0 unspecified atom stereocenters. The molecule has 0 aromatic carbocycles. The number of nitrogens with zero attached hydrogens (tertiary/aromatic N) is 2. The second-order valence-corrected chi connectivity index (χ2v) is 3.56. The van der Waals surface area contributed by atoms with E-state index in [1.54, 1.807) is 0 Å². The van der Waals surface area contributed by atoms with Gasteiger partial charge >= 0.3 is 0 Å². The van der Waals surface area contributed by atoms with Gasteiger partial charge in [0.05, 0.1) is 12.6 Å². The molecular weight excluding hydrogens is 178 g/mol. The molecule has 1 saturated carbocycles. The van der Waals surface area contributed by atoms with Crippen LogP contribution in [0, 0.1) is 11.3 Å². The first kappa shape index (κ1) is 13.1. The summed E-state index contributed by atoms with van der Waals surface area (Å²) in [6, 6.07) is 2.56. The van der Waals surface area contributed by atoms with E-state index in [4.69, 9.17) is 5.26 Å². The first-order chi connectivity index (χ1) is 6.66. The summed E-state index contributed by atoms with van der Waals surface area (Å²) >= 11 is 0. The molecule has 0 atom stereocenters. The number of hydrogen-bond donors (Lipinski definition) is 1. The molecule has 1 aliphatic carbocycles. The van der Waals surface area contributed by atoms with E-state index in [1.807, 2.05) is 18.7 Å². The average molecular weight is 197 g/mol. The third-order valence-corrected chi connectivity index (χ3v) is 2.38. The molecule has 4 heteroatoms. The van der Waals surface area contributed by atoms with Crippen molar-refractivity contribution in [2.24, 2.45) is 5.73 Å². The van der Waals surface area contributed by atoms with Crippen LogP contribution < -0.4 is 5.73 Å². The number of nitriles is 1. The summed E-state index contributed by atoms with van der Waals surface area (Å²) in [5.41, 5.74) is 4.19. The largest absolute Gasteiger partial charge is 0.333 e. The van der Waals surface area contributed by atoms with Gasteiger partial charge in [-0.05, 0) is 33.7 Å². The van der Waals surface area contributed by atoms with E-state index in [0.29, 0.717) is 6.54 Å². The highest BCUT2D eigenvalue weighted by Gasteiger charge is 2.49. The van der Waals surface area contributed by atoms with Crippen molar-refractivity contribution >= 4 is 6.29 Å². The van der Waals surface area contributed by atoms with Gasteiger partial charge in [-0.2, -0.15) is 5.26 Å². The van der Waals surface area contributed by atoms with Gasteiger partial charge < -0.3 is 10.5 Å². The van der Waals surface area contributed by atoms with Gasteiger partial charge in [0.15, 0.2) is 0 Å². The van der Waals surface area contributed by atoms with Crippen LogP contribution in [0.2, 0.25) is 0 Å². The smallest absolute Gasteiger partial charge is 0.134 e. The van der Waals surface area contributed by atoms with Crippen LogP contribution in [0.15, 0.2) is 0 Å². The van der Waals surface area contributed by atoms with Crippen molar-refractivity contribution in [2.75, 3.05) is 13.6 Å². The summed E-state index contributed by atoms with van der Waals surface area (Å²) < 4.78 is 0. The van der Waals surface area contributed by atoms with Crippen LogP contribution in [-0.4, -0.2) is 36.4 Å². The Morgan fingerprint density at radius 2 is 2.07 bits per heavy atom. The van der Waals surface area contributed by atoms with Crippen LogP contribution in [0.4, 0.5) is 0 Å². The van der Waals surface area contributed by atoms with Crippen LogP contribution in [0.3, 0.4) is 0 Å². The number of nitrogens with two attached hydrogens (primary N) is 1. The van der Waals surface area contributed by atoms with Crippen molar-refractivity contribution < 1.29 is 4.79 Å². The van der Waals surface area contributed by atoms with Crippen LogP contribution in [-0.2, 0) is 4.79 Å². The molecule has 0 aromatic rings. The van der Waals surface area contributed by atoms with E-state index in [1.165, 1.54) is 7.05 Å². The molecule has 1 rings (SSSR count). The highest BCUT2D eigenvalue weighted by Crippen LogP contribution is 2.41. The van der Waals surface area contributed by atoms with Gasteiger partial charge in [0, 0.05) is 6.04 Å². The van der Waals surface area contributed by atoms with Gasteiger partial charge in [-0.25, -0.2) is 0 Å². The van der Waals surface area contributed by atoms with E-state index < -0.39 is 0 Å². The third kappa shape index (κ3) is 2.79. The second-order valence-electron chi connectivity index (χ2n) is 3.56. The van der Waals surface area contributed by atoms with Gasteiger partial charge in [-0.3, -0.25) is 4.90 Å². The lowest BCUT2D eigenvalue weighted by atomic mass is 10.2. The van der Waals surface area contributed by atoms with Crippen molar-refractivity contribution in [3.8, 4) is 6.07 Å². The summed E-state index contributed by atoms with van der Waals surface area (Å²) in [5, 5.41) is 8.89. The lowest BCUT2D eigenvalue weighted by Crippen LogP contribution is -2.42. The Bertz CT molecular complexity index is 216. The monoisotopic (exact) mass is 197 g/mol. The molecule has 0 radical (unpaired) electrons. The van der Waals surface area contributed by atoms with Crippen molar-refractivity contribution in [3.63, 3.8) is 0 Å². The molecule has 1 fully saturated rings. The predicted molar refractivity (Wildman–Crippen MR) is 55.6 cm³/mol. The minimum absolute atomic E-state index is 0.275. The quantitative estimate of drug-likeness (QED) is 0.667. The Labute approximate surface area is 85.7 Å². The van der Waals surface area contributed by atoms with E-state index >= 15 is 0 Å². The summed E-state index contributed by atoms with van der Waals surface area (Å²) in [5.74, 6) is 0. The average Bonchev–Trinajstić information content (AvgIpc) is 2.97. The number of hydrogen-bond acceptors (Lipinski definition) is 4. The lowest BCUT2D eigenvalue weighted by molar-refractivity contribution is -0.109. The van der Waals surface area contributed by atoms with Gasteiger partial charge in [-0.1, -0.05) is 0 Å². The molecular formula is C10H19N3O. The highest BCUT2D eigenvalue weighted by molar-refractivity contribution is 5.53. The van der Waals surface area contributed by atoms with Crippen molar-refractivity contribution in [3.05, 3.63) is 0 Å². The Kier molecular flexibility index (Phi) is 5.36. The van der Waals surface area contributed by atoms with Crippen LogP contribution in [0.1, 0.15) is 26.7 Å². The molecule has 2 N–H and O–H groups in total. The molecule has 0 amide bonds. The van der Waals surface area contributed by atoms with Gasteiger partial charge in [-0.15, -0.1) is 0 Å². The summed E-state index contributed by atoms with van der Waals surface area (Å²) in [6.45, 7) is 4.41. The number of rotatable bonds is 4. The van der Waals surface area contributed by atoms with Crippen LogP contribution in [0.25, 0.3) is 0 Å². The van der Waals surface area contributed by atoms with Crippen LogP contribution >= 0.6 is 0 Å². The van der Waals surface area contributed by atoms with Crippen LogP contribution in [0.5, 0.6) is 0 Å². The molecule has 0 aliphatic heterocycles. The van der Waals surface area contributed by atoms with Crippen molar-refractivity contribution in [1.29, 1.82) is 5.26 Å². The Morgan fingerprint density at radius 1 is 1.57 bits per heavy atom. The fourth-order valence-corrected chi connectivity index (χ4v) is 1.54. The molecule has 80 valence electrons. The molecule has 14 heavy (non-hydrogen) atoms. The van der Waals surface area contributed by atoms with Crippen molar-refractivity contribution in [1.82, 2.24) is 4.90 Å². The fraction of sp³-hybridized carbons (Fsp3) is 0.800. The molecule has 0 aromatic heterocycles. The third-order valence-electron chi connectivity index (χ3n) is 2.38. The molecule has 0 bridgehead atoms. The fourth-order valence-electron chi connectivity index (χ4n) is 1.54. The zero-order chi connectivity index (χ0) is 11.2. The van der Waals surface area contributed by atoms with E-state index in [-0.39, 0.29) is 11.6 Å².